The Hall–Kier alpha value is -3.99. The summed E-state index contributed by atoms with van der Waals surface area (Å²) in [6.45, 7) is 0. The smallest absolute Gasteiger partial charge is 0.296 e. The Morgan fingerprint density at radius 3 is 2.79 bits per heavy atom. The molecule has 38 heavy (non-hydrogen) atoms. The number of fused-ring (bicyclic) bond motifs is 2. The van der Waals surface area contributed by atoms with E-state index in [9.17, 15) is 19.1 Å². The number of rotatable bonds is 5. The fourth-order valence-electron chi connectivity index (χ4n) is 4.38. The SMILES string of the molecule is COc1cc(Cl)cc2cc(C(=O)C3=C(O)C(=O)N(c4nc5cc(Cl)c(F)cc5s4)C3c3cccnc3)oc12. The molecule has 2 aromatic carbocycles. The fourth-order valence-corrected chi connectivity index (χ4v) is 5.76. The first-order valence-electron chi connectivity index (χ1n) is 11.0. The average molecular weight is 570 g/mol. The molecule has 190 valence electrons. The number of carbonyl (C=O) groups excluding carboxylic acids is 2. The first-order valence-corrected chi connectivity index (χ1v) is 12.6. The van der Waals surface area contributed by atoms with E-state index in [1.165, 1.54) is 42.6 Å². The number of ether oxygens (including phenoxy) is 1. The van der Waals surface area contributed by atoms with Crippen LogP contribution in [0.15, 0.2) is 70.6 Å². The topological polar surface area (TPSA) is 106 Å². The molecule has 3 aromatic heterocycles. The van der Waals surface area contributed by atoms with Crippen molar-refractivity contribution in [2.45, 2.75) is 6.04 Å². The van der Waals surface area contributed by atoms with Crippen molar-refractivity contribution in [2.24, 2.45) is 0 Å². The van der Waals surface area contributed by atoms with Gasteiger partial charge in [0.15, 0.2) is 28.0 Å². The molecular formula is C26H14Cl2FN3O5S. The number of pyridine rings is 1. The van der Waals surface area contributed by atoms with Gasteiger partial charge in [0.25, 0.3) is 5.91 Å². The quantitative estimate of drug-likeness (QED) is 0.235. The van der Waals surface area contributed by atoms with Crippen LogP contribution in [0.5, 0.6) is 5.75 Å². The molecule has 12 heteroatoms. The number of furan rings is 1. The molecule has 0 spiro atoms. The summed E-state index contributed by atoms with van der Waals surface area (Å²) in [6.07, 6.45) is 3.01. The highest BCUT2D eigenvalue weighted by Crippen LogP contribution is 2.45. The number of Topliss-reactive ketones (excluding diaryl/α,β-unsaturated/α-hetero) is 1. The zero-order valence-corrected chi connectivity index (χ0v) is 21.6. The lowest BCUT2D eigenvalue weighted by atomic mass is 9.96. The molecule has 1 atom stereocenters. The van der Waals surface area contributed by atoms with E-state index in [4.69, 9.17) is 32.4 Å². The standard InChI is InChI=1S/C26H14Cl2FN3O5S/c1-36-18-7-13(27)5-12-6-17(37-24(12)18)22(33)20-21(11-3-2-4-30-10-11)32(25(35)23(20)34)26-31-16-8-14(28)15(29)9-19(16)38-26/h2-10,21,34H,1H3. The summed E-state index contributed by atoms with van der Waals surface area (Å²) >= 11 is 13.1. The summed E-state index contributed by atoms with van der Waals surface area (Å²) in [5, 5.41) is 11.9. The lowest BCUT2D eigenvalue weighted by molar-refractivity contribution is -0.117. The number of methoxy groups -OCH3 is 1. The summed E-state index contributed by atoms with van der Waals surface area (Å²) in [4.78, 5) is 36.9. The van der Waals surface area contributed by atoms with Crippen molar-refractivity contribution in [3.8, 4) is 5.75 Å². The first kappa shape index (κ1) is 24.4. The van der Waals surface area contributed by atoms with Crippen LogP contribution in [-0.4, -0.2) is 33.9 Å². The van der Waals surface area contributed by atoms with E-state index >= 15 is 0 Å². The van der Waals surface area contributed by atoms with Crippen LogP contribution < -0.4 is 9.64 Å². The summed E-state index contributed by atoms with van der Waals surface area (Å²) in [6, 6.07) is 9.37. The summed E-state index contributed by atoms with van der Waals surface area (Å²) in [5.74, 6) is -2.80. The zero-order chi connectivity index (χ0) is 26.7. The Bertz CT molecular complexity index is 1780. The van der Waals surface area contributed by atoms with Gasteiger partial charge in [0, 0.05) is 28.9 Å². The molecule has 6 rings (SSSR count). The van der Waals surface area contributed by atoms with Gasteiger partial charge in [-0.3, -0.25) is 19.5 Å². The van der Waals surface area contributed by atoms with Gasteiger partial charge in [-0.2, -0.15) is 0 Å². The van der Waals surface area contributed by atoms with Crippen molar-refractivity contribution >= 4 is 72.5 Å². The number of benzene rings is 2. The number of aliphatic hydroxyl groups is 1. The van der Waals surface area contributed by atoms with Gasteiger partial charge in [-0.25, -0.2) is 9.37 Å². The van der Waals surface area contributed by atoms with Crippen LogP contribution in [0, 0.1) is 5.82 Å². The molecule has 0 saturated heterocycles. The maximum Gasteiger partial charge on any atom is 0.296 e. The number of aromatic nitrogens is 2. The van der Waals surface area contributed by atoms with Gasteiger partial charge >= 0.3 is 0 Å². The molecule has 1 amide bonds. The zero-order valence-electron chi connectivity index (χ0n) is 19.2. The second-order valence-electron chi connectivity index (χ2n) is 8.32. The highest BCUT2D eigenvalue weighted by atomic mass is 35.5. The number of carbonyl (C=O) groups is 2. The molecule has 5 aromatic rings. The van der Waals surface area contributed by atoms with Gasteiger partial charge in [-0.05, 0) is 35.9 Å². The minimum atomic E-state index is -1.09. The maximum absolute atomic E-state index is 14.1. The van der Waals surface area contributed by atoms with Gasteiger partial charge in [-0.1, -0.05) is 40.6 Å². The average Bonchev–Trinajstić information content (AvgIpc) is 3.58. The molecule has 1 unspecified atom stereocenters. The monoisotopic (exact) mass is 569 g/mol. The number of amides is 1. The van der Waals surface area contributed by atoms with Crippen LogP contribution in [-0.2, 0) is 4.79 Å². The van der Waals surface area contributed by atoms with Gasteiger partial charge in [0.1, 0.15) is 5.82 Å². The van der Waals surface area contributed by atoms with Crippen molar-refractivity contribution in [1.29, 1.82) is 0 Å². The van der Waals surface area contributed by atoms with E-state index < -0.39 is 29.3 Å². The highest BCUT2D eigenvalue weighted by molar-refractivity contribution is 7.22. The molecular weight excluding hydrogens is 556 g/mol. The number of hydrogen-bond donors (Lipinski definition) is 1. The number of hydrogen-bond acceptors (Lipinski definition) is 8. The third-order valence-corrected chi connectivity index (χ3v) is 7.59. The molecule has 1 aliphatic rings. The number of nitrogens with zero attached hydrogens (tertiary/aromatic N) is 3. The predicted octanol–water partition coefficient (Wildman–Crippen LogP) is 6.67. The Kier molecular flexibility index (Phi) is 5.82. The second kappa shape index (κ2) is 9.09. The Morgan fingerprint density at radius 1 is 1.24 bits per heavy atom. The maximum atomic E-state index is 14.1. The fraction of sp³-hybridized carbons (Fsp3) is 0.0769. The van der Waals surface area contributed by atoms with Gasteiger partial charge < -0.3 is 14.3 Å². The minimum Gasteiger partial charge on any atom is -0.503 e. The lowest BCUT2D eigenvalue weighted by Crippen LogP contribution is -2.31. The number of thiazole rings is 1. The molecule has 0 radical (unpaired) electrons. The van der Waals surface area contributed by atoms with Crippen molar-refractivity contribution in [3.63, 3.8) is 0 Å². The summed E-state index contributed by atoms with van der Waals surface area (Å²) in [5.41, 5.74) is 0.850. The van der Waals surface area contributed by atoms with Crippen molar-refractivity contribution in [3.05, 3.63) is 93.4 Å². The summed E-state index contributed by atoms with van der Waals surface area (Å²) < 4.78 is 25.6. The van der Waals surface area contributed by atoms with Crippen molar-refractivity contribution in [2.75, 3.05) is 12.0 Å². The number of halogens is 3. The van der Waals surface area contributed by atoms with Crippen molar-refractivity contribution in [1.82, 2.24) is 9.97 Å². The van der Waals surface area contributed by atoms with E-state index in [2.05, 4.69) is 9.97 Å². The predicted molar refractivity (Wildman–Crippen MR) is 141 cm³/mol. The Morgan fingerprint density at radius 2 is 2.05 bits per heavy atom. The Balaban J connectivity index is 1.50. The molecule has 0 saturated carbocycles. The lowest BCUT2D eigenvalue weighted by Gasteiger charge is -2.23. The van der Waals surface area contributed by atoms with Crippen molar-refractivity contribution < 1.29 is 28.2 Å². The largest absolute Gasteiger partial charge is 0.503 e. The van der Waals surface area contributed by atoms with Crippen LogP contribution in [0.3, 0.4) is 0 Å². The molecule has 1 N–H and O–H groups in total. The van der Waals surface area contributed by atoms with Crippen LogP contribution in [0.2, 0.25) is 10.0 Å². The normalized spacial score (nSPS) is 15.7. The second-order valence-corrected chi connectivity index (χ2v) is 10.2. The van der Waals surface area contributed by atoms with Gasteiger partial charge in [-0.15, -0.1) is 0 Å². The number of ketones is 1. The first-order chi connectivity index (χ1) is 18.3. The minimum absolute atomic E-state index is 0.122. The molecule has 0 fully saturated rings. The van der Waals surface area contributed by atoms with Crippen LogP contribution in [0.1, 0.15) is 22.2 Å². The van der Waals surface area contributed by atoms with Gasteiger partial charge in [0.05, 0.1) is 34.0 Å². The molecule has 0 aliphatic carbocycles. The molecule has 0 bridgehead atoms. The molecule has 8 nitrogen and oxygen atoms in total. The van der Waals surface area contributed by atoms with E-state index in [1.54, 1.807) is 24.3 Å². The highest BCUT2D eigenvalue weighted by Gasteiger charge is 2.46. The van der Waals surface area contributed by atoms with Crippen LogP contribution in [0.25, 0.3) is 21.2 Å². The third kappa shape index (κ3) is 3.80. The number of anilines is 1. The Labute approximate surface area is 227 Å². The van der Waals surface area contributed by atoms with E-state index in [1.807, 2.05) is 0 Å². The van der Waals surface area contributed by atoms with Crippen LogP contribution >= 0.6 is 34.5 Å². The third-order valence-electron chi connectivity index (χ3n) is 6.07. The number of aliphatic hydroxyl groups excluding tert-OH is 1. The molecule has 4 heterocycles. The van der Waals surface area contributed by atoms with E-state index in [-0.39, 0.29) is 27.1 Å². The van der Waals surface area contributed by atoms with Gasteiger partial charge in [0.2, 0.25) is 5.78 Å². The van der Waals surface area contributed by atoms with Crippen LogP contribution in [0.4, 0.5) is 9.52 Å². The molecule has 1 aliphatic heterocycles. The van der Waals surface area contributed by atoms with E-state index in [0.29, 0.717) is 31.9 Å². The summed E-state index contributed by atoms with van der Waals surface area (Å²) in [7, 11) is 1.44. The van der Waals surface area contributed by atoms with E-state index in [0.717, 1.165) is 11.3 Å².